The molecule has 6 heteroatoms. The first kappa shape index (κ1) is 8.63. The molecule has 12 heavy (non-hydrogen) atoms. The van der Waals surface area contributed by atoms with Crippen LogP contribution in [0.1, 0.15) is 0 Å². The van der Waals surface area contributed by atoms with Gasteiger partial charge in [-0.25, -0.2) is 18.7 Å². The number of ether oxygens (including phenoxy) is 1. The molecule has 1 heterocycles. The van der Waals surface area contributed by atoms with E-state index in [-0.39, 0.29) is 11.6 Å². The zero-order chi connectivity index (χ0) is 8.97. The van der Waals surface area contributed by atoms with Crippen LogP contribution in [0.4, 0.5) is 14.5 Å². The van der Waals surface area contributed by atoms with E-state index in [1.807, 2.05) is 0 Å². The second-order valence-corrected chi connectivity index (χ2v) is 1.99. The Morgan fingerprint density at radius 2 is 2.33 bits per heavy atom. The molecular weight excluding hydrogens is 168 g/mol. The minimum Gasteiger partial charge on any atom is -0.470 e. The average molecular weight is 175 g/mol. The van der Waals surface area contributed by atoms with Crippen molar-refractivity contribution in [2.24, 2.45) is 0 Å². The van der Waals surface area contributed by atoms with Crippen LogP contribution in [0.25, 0.3) is 0 Å². The van der Waals surface area contributed by atoms with Crippen molar-refractivity contribution in [1.82, 2.24) is 9.97 Å². The third-order valence-corrected chi connectivity index (χ3v) is 1.05. The lowest BCUT2D eigenvalue weighted by Crippen LogP contribution is -2.09. The number of anilines is 1. The minimum atomic E-state index is -2.53. The molecule has 4 nitrogen and oxygen atoms in total. The number of nitrogens with two attached hydrogens (primary N) is 1. The van der Waals surface area contributed by atoms with Crippen LogP contribution < -0.4 is 10.5 Å². The van der Waals surface area contributed by atoms with Gasteiger partial charge in [0.05, 0.1) is 6.20 Å². The van der Waals surface area contributed by atoms with Gasteiger partial charge in [0.1, 0.15) is 12.0 Å². The quantitative estimate of drug-likeness (QED) is 0.734. The molecule has 0 aliphatic carbocycles. The number of nitrogens with zero attached hydrogens (tertiary/aromatic N) is 2. The Labute approximate surface area is 67.4 Å². The number of rotatable bonds is 3. The lowest BCUT2D eigenvalue weighted by atomic mass is 10.5. The van der Waals surface area contributed by atoms with Crippen molar-refractivity contribution in [3.63, 3.8) is 0 Å². The highest BCUT2D eigenvalue weighted by molar-refractivity contribution is 5.44. The van der Waals surface area contributed by atoms with E-state index in [0.29, 0.717) is 0 Å². The van der Waals surface area contributed by atoms with Crippen LogP contribution in [0.3, 0.4) is 0 Å². The van der Waals surface area contributed by atoms with Gasteiger partial charge in [0.25, 0.3) is 6.43 Å². The molecule has 0 unspecified atom stereocenters. The smallest absolute Gasteiger partial charge is 0.272 e. The molecule has 0 fully saturated rings. The van der Waals surface area contributed by atoms with Gasteiger partial charge < -0.3 is 10.5 Å². The summed E-state index contributed by atoms with van der Waals surface area (Å²) in [7, 11) is 0. The van der Waals surface area contributed by atoms with E-state index in [4.69, 9.17) is 5.73 Å². The van der Waals surface area contributed by atoms with Gasteiger partial charge in [-0.15, -0.1) is 0 Å². The second kappa shape index (κ2) is 3.80. The Morgan fingerprint density at radius 3 is 2.92 bits per heavy atom. The molecule has 66 valence electrons. The van der Waals surface area contributed by atoms with E-state index in [2.05, 4.69) is 14.7 Å². The van der Waals surface area contributed by atoms with E-state index in [1.165, 1.54) is 12.5 Å². The monoisotopic (exact) mass is 175 g/mol. The number of hydrogen-bond donors (Lipinski definition) is 1. The topological polar surface area (TPSA) is 61.0 Å². The fourth-order valence-corrected chi connectivity index (χ4v) is 0.592. The molecule has 0 bridgehead atoms. The Bertz CT molecular complexity index is 256. The third-order valence-electron chi connectivity index (χ3n) is 1.05. The summed E-state index contributed by atoms with van der Waals surface area (Å²) in [5, 5.41) is 0. The van der Waals surface area contributed by atoms with Crippen molar-refractivity contribution >= 4 is 5.69 Å². The van der Waals surface area contributed by atoms with Crippen molar-refractivity contribution < 1.29 is 13.5 Å². The summed E-state index contributed by atoms with van der Waals surface area (Å²) in [5.74, 6) is -0.00898. The van der Waals surface area contributed by atoms with Gasteiger partial charge in [-0.05, 0) is 0 Å². The SMILES string of the molecule is Nc1cncnc1OCC(F)F. The highest BCUT2D eigenvalue weighted by Gasteiger charge is 2.06. The standard InChI is InChI=1S/C6H7F2N3O/c7-5(8)2-12-6-4(9)1-10-3-11-6/h1,3,5H,2,9H2. The van der Waals surface area contributed by atoms with Crippen molar-refractivity contribution in [3.05, 3.63) is 12.5 Å². The molecule has 0 aliphatic rings. The van der Waals surface area contributed by atoms with Crippen LogP contribution >= 0.6 is 0 Å². The first-order valence-electron chi connectivity index (χ1n) is 3.16. The normalized spacial score (nSPS) is 10.2. The third kappa shape index (κ3) is 2.30. The van der Waals surface area contributed by atoms with Gasteiger partial charge in [-0.1, -0.05) is 0 Å². The van der Waals surface area contributed by atoms with Crippen LogP contribution in [0, 0.1) is 0 Å². The number of halogens is 2. The van der Waals surface area contributed by atoms with Crippen molar-refractivity contribution in [3.8, 4) is 5.88 Å². The van der Waals surface area contributed by atoms with E-state index in [0.717, 1.165) is 0 Å². The summed E-state index contributed by atoms with van der Waals surface area (Å²) in [6.07, 6.45) is -0.0651. The molecule has 0 aromatic carbocycles. The van der Waals surface area contributed by atoms with Crippen molar-refractivity contribution in [2.75, 3.05) is 12.3 Å². The lowest BCUT2D eigenvalue weighted by molar-refractivity contribution is 0.0799. The molecule has 1 aromatic heterocycles. The molecule has 0 saturated heterocycles. The van der Waals surface area contributed by atoms with Gasteiger partial charge >= 0.3 is 0 Å². The number of nitrogen functional groups attached to an aromatic ring is 1. The Hall–Kier alpha value is -1.46. The maximum atomic E-state index is 11.6. The van der Waals surface area contributed by atoms with E-state index >= 15 is 0 Å². The van der Waals surface area contributed by atoms with Crippen LogP contribution in [-0.4, -0.2) is 23.0 Å². The highest BCUT2D eigenvalue weighted by atomic mass is 19.3. The molecule has 1 aromatic rings. The lowest BCUT2D eigenvalue weighted by Gasteiger charge is -2.04. The summed E-state index contributed by atoms with van der Waals surface area (Å²) < 4.78 is 27.9. The first-order valence-corrected chi connectivity index (χ1v) is 3.16. The Kier molecular flexibility index (Phi) is 2.73. The van der Waals surface area contributed by atoms with Crippen LogP contribution in [0.15, 0.2) is 12.5 Å². The van der Waals surface area contributed by atoms with Crippen LogP contribution in [0.5, 0.6) is 5.88 Å². The predicted molar refractivity (Wildman–Crippen MR) is 37.9 cm³/mol. The number of alkyl halides is 2. The molecule has 0 saturated carbocycles. The van der Waals surface area contributed by atoms with Crippen molar-refractivity contribution in [1.29, 1.82) is 0 Å². The van der Waals surface area contributed by atoms with Gasteiger partial charge in [0.2, 0.25) is 5.88 Å². The zero-order valence-electron chi connectivity index (χ0n) is 6.08. The van der Waals surface area contributed by atoms with E-state index in [9.17, 15) is 8.78 Å². The molecular formula is C6H7F2N3O. The molecule has 0 atom stereocenters. The zero-order valence-corrected chi connectivity index (χ0v) is 6.08. The summed E-state index contributed by atoms with van der Waals surface area (Å²) in [5.41, 5.74) is 5.46. The van der Waals surface area contributed by atoms with Gasteiger partial charge in [-0.2, -0.15) is 0 Å². The van der Waals surface area contributed by atoms with Crippen molar-refractivity contribution in [2.45, 2.75) is 6.43 Å². The van der Waals surface area contributed by atoms with E-state index < -0.39 is 13.0 Å². The first-order chi connectivity index (χ1) is 5.70. The van der Waals surface area contributed by atoms with E-state index in [1.54, 1.807) is 0 Å². The average Bonchev–Trinajstić information content (AvgIpc) is 2.03. The molecule has 0 amide bonds. The predicted octanol–water partition coefficient (Wildman–Crippen LogP) is 0.703. The minimum absolute atomic E-state index is 0.00898. The van der Waals surface area contributed by atoms with Gasteiger partial charge in [-0.3, -0.25) is 0 Å². The summed E-state index contributed by atoms with van der Waals surface area (Å²) in [6.45, 7) is -0.707. The number of hydrogen-bond acceptors (Lipinski definition) is 4. The summed E-state index contributed by atoms with van der Waals surface area (Å²) >= 11 is 0. The maximum absolute atomic E-state index is 11.6. The van der Waals surface area contributed by atoms with Crippen LogP contribution in [0.2, 0.25) is 0 Å². The Morgan fingerprint density at radius 1 is 1.58 bits per heavy atom. The largest absolute Gasteiger partial charge is 0.470 e. The second-order valence-electron chi connectivity index (χ2n) is 1.99. The summed E-state index contributed by atoms with van der Waals surface area (Å²) in [4.78, 5) is 7.13. The molecule has 0 aliphatic heterocycles. The summed E-state index contributed by atoms with van der Waals surface area (Å²) in [6, 6.07) is 0. The molecule has 1 rings (SSSR count). The maximum Gasteiger partial charge on any atom is 0.272 e. The molecule has 0 spiro atoms. The fraction of sp³-hybridized carbons (Fsp3) is 0.333. The van der Waals surface area contributed by atoms with Gasteiger partial charge in [0, 0.05) is 0 Å². The Balaban J connectivity index is 2.57. The van der Waals surface area contributed by atoms with Crippen LogP contribution in [-0.2, 0) is 0 Å². The highest BCUT2D eigenvalue weighted by Crippen LogP contribution is 2.14. The molecule has 2 N–H and O–H groups in total. The number of aromatic nitrogens is 2. The molecule has 0 radical (unpaired) electrons. The fourth-order valence-electron chi connectivity index (χ4n) is 0.592. The van der Waals surface area contributed by atoms with Gasteiger partial charge in [0.15, 0.2) is 6.61 Å².